The Morgan fingerprint density at radius 2 is 1.60 bits per heavy atom. The predicted molar refractivity (Wildman–Crippen MR) is 110 cm³/mol. The van der Waals surface area contributed by atoms with Gasteiger partial charge in [-0.15, -0.1) is 0 Å². The monoisotopic (exact) mass is 452 g/mol. The van der Waals surface area contributed by atoms with Gasteiger partial charge in [0.1, 0.15) is 5.82 Å². The van der Waals surface area contributed by atoms with Crippen molar-refractivity contribution < 1.29 is 26.4 Å². The Balaban J connectivity index is 1.75. The molecule has 0 aliphatic carbocycles. The summed E-state index contributed by atoms with van der Waals surface area (Å²) in [5.74, 6) is -3.99. The number of hydrogen-bond acceptors (Lipinski definition) is 4. The zero-order valence-corrected chi connectivity index (χ0v) is 16.8. The second kappa shape index (κ2) is 9.23. The molecule has 0 aliphatic rings. The Morgan fingerprint density at radius 3 is 2.27 bits per heavy atom. The van der Waals surface area contributed by atoms with Gasteiger partial charge < -0.3 is 5.32 Å². The molecule has 30 heavy (non-hydrogen) atoms. The van der Waals surface area contributed by atoms with E-state index >= 15 is 0 Å². The molecular formula is C20H15F3N2O3S2. The topological polar surface area (TPSA) is 75.3 Å². The highest BCUT2D eigenvalue weighted by atomic mass is 32.2. The molecule has 0 atom stereocenters. The van der Waals surface area contributed by atoms with Gasteiger partial charge in [0.25, 0.3) is 21.7 Å². The maximum absolute atomic E-state index is 13.7. The van der Waals surface area contributed by atoms with Crippen molar-refractivity contribution in [1.82, 2.24) is 0 Å². The highest BCUT2D eigenvalue weighted by molar-refractivity contribution is 7.99. The van der Waals surface area contributed by atoms with Crippen molar-refractivity contribution in [2.75, 3.05) is 10.0 Å². The second-order valence-corrected chi connectivity index (χ2v) is 8.72. The fraction of sp³-hybridized carbons (Fsp3) is 0.0500. The predicted octanol–water partition coefficient (Wildman–Crippen LogP) is 5.19. The Morgan fingerprint density at radius 1 is 0.900 bits per heavy atom. The number of carbonyl (C=O) groups excluding carboxylic acids is 1. The lowest BCUT2D eigenvalue weighted by atomic mass is 10.2. The fourth-order valence-corrected chi connectivity index (χ4v) is 4.11. The van der Waals surface area contributed by atoms with E-state index in [-0.39, 0.29) is 21.8 Å². The van der Waals surface area contributed by atoms with Crippen LogP contribution in [-0.4, -0.2) is 20.1 Å². The van der Waals surface area contributed by atoms with E-state index in [0.29, 0.717) is 16.7 Å². The van der Waals surface area contributed by atoms with Crippen molar-refractivity contribution in [1.29, 1.82) is 0 Å². The molecule has 0 spiro atoms. The standard InChI is InChI=1S/C20H15F3N2O3S2/c21-18-7-2-1-6-17(18)19(26)24-14-4-3-5-16(12-14)30(27,28)25-13-8-10-15(11-9-13)29-20(22)23/h1-12,20,25H,(H,24,26). The van der Waals surface area contributed by atoms with Crippen LogP contribution >= 0.6 is 11.8 Å². The lowest BCUT2D eigenvalue weighted by molar-refractivity contribution is 0.102. The quantitative estimate of drug-likeness (QED) is 0.484. The van der Waals surface area contributed by atoms with Gasteiger partial charge in [0.2, 0.25) is 0 Å². The molecule has 0 bridgehead atoms. The summed E-state index contributed by atoms with van der Waals surface area (Å²) < 4.78 is 66.1. The molecule has 156 valence electrons. The summed E-state index contributed by atoms with van der Waals surface area (Å²) in [7, 11) is -4.01. The first-order chi connectivity index (χ1) is 14.2. The molecule has 5 nitrogen and oxygen atoms in total. The van der Waals surface area contributed by atoms with Crippen LogP contribution < -0.4 is 10.0 Å². The van der Waals surface area contributed by atoms with Crippen LogP contribution in [0.3, 0.4) is 0 Å². The number of hydrogen-bond donors (Lipinski definition) is 2. The first-order valence-electron chi connectivity index (χ1n) is 8.48. The van der Waals surface area contributed by atoms with Crippen molar-refractivity contribution in [3.8, 4) is 0 Å². The number of anilines is 2. The van der Waals surface area contributed by atoms with E-state index in [9.17, 15) is 26.4 Å². The normalized spacial score (nSPS) is 11.3. The maximum Gasteiger partial charge on any atom is 0.288 e. The summed E-state index contributed by atoms with van der Waals surface area (Å²) in [6.45, 7) is 0. The van der Waals surface area contributed by atoms with Crippen LogP contribution in [0.25, 0.3) is 0 Å². The van der Waals surface area contributed by atoms with Gasteiger partial charge in [-0.25, -0.2) is 12.8 Å². The number of amides is 1. The molecule has 3 aromatic rings. The Bertz CT molecular complexity index is 1150. The van der Waals surface area contributed by atoms with E-state index in [4.69, 9.17) is 0 Å². The molecule has 10 heteroatoms. The largest absolute Gasteiger partial charge is 0.322 e. The third-order valence-electron chi connectivity index (χ3n) is 3.85. The fourth-order valence-electron chi connectivity index (χ4n) is 2.50. The summed E-state index contributed by atoms with van der Waals surface area (Å²) in [6, 6.07) is 16.3. The SMILES string of the molecule is O=C(Nc1cccc(S(=O)(=O)Nc2ccc(SC(F)F)cc2)c1)c1ccccc1F. The minimum atomic E-state index is -4.01. The average molecular weight is 452 g/mol. The number of benzene rings is 3. The Labute approximate surface area is 175 Å². The zero-order valence-electron chi connectivity index (χ0n) is 15.2. The van der Waals surface area contributed by atoms with E-state index in [1.165, 1.54) is 66.7 Å². The van der Waals surface area contributed by atoms with Crippen LogP contribution in [0.1, 0.15) is 10.4 Å². The number of thioether (sulfide) groups is 1. The van der Waals surface area contributed by atoms with Gasteiger partial charge in [-0.3, -0.25) is 9.52 Å². The number of sulfonamides is 1. The third-order valence-corrected chi connectivity index (χ3v) is 5.95. The van der Waals surface area contributed by atoms with E-state index in [0.717, 1.165) is 6.07 Å². The van der Waals surface area contributed by atoms with Crippen LogP contribution in [-0.2, 0) is 10.0 Å². The number of halogens is 3. The van der Waals surface area contributed by atoms with Gasteiger partial charge in [-0.1, -0.05) is 30.0 Å². The molecular weight excluding hydrogens is 437 g/mol. The van der Waals surface area contributed by atoms with Gasteiger partial charge in [0, 0.05) is 16.3 Å². The van der Waals surface area contributed by atoms with E-state index in [1.807, 2.05) is 0 Å². The average Bonchev–Trinajstić information content (AvgIpc) is 2.69. The van der Waals surface area contributed by atoms with Crippen LogP contribution in [0.2, 0.25) is 0 Å². The molecule has 0 radical (unpaired) electrons. The van der Waals surface area contributed by atoms with Gasteiger partial charge in [-0.05, 0) is 54.6 Å². The van der Waals surface area contributed by atoms with E-state index < -0.39 is 27.5 Å². The molecule has 0 saturated heterocycles. The van der Waals surface area contributed by atoms with Gasteiger partial charge >= 0.3 is 0 Å². The molecule has 3 rings (SSSR count). The number of nitrogens with one attached hydrogen (secondary N) is 2. The van der Waals surface area contributed by atoms with Gasteiger partial charge in [-0.2, -0.15) is 8.78 Å². The molecule has 0 aliphatic heterocycles. The van der Waals surface area contributed by atoms with Crippen LogP contribution in [0.4, 0.5) is 24.5 Å². The minimum Gasteiger partial charge on any atom is -0.322 e. The molecule has 0 heterocycles. The van der Waals surface area contributed by atoms with Crippen molar-refractivity contribution in [2.45, 2.75) is 15.5 Å². The highest BCUT2D eigenvalue weighted by Gasteiger charge is 2.17. The zero-order chi connectivity index (χ0) is 21.7. The molecule has 2 N–H and O–H groups in total. The number of alkyl halides is 2. The van der Waals surface area contributed by atoms with Crippen LogP contribution in [0.15, 0.2) is 82.6 Å². The minimum absolute atomic E-state index is 0.139. The number of carbonyl (C=O) groups is 1. The van der Waals surface area contributed by atoms with E-state index in [1.54, 1.807) is 0 Å². The van der Waals surface area contributed by atoms with Crippen molar-refractivity contribution in [3.05, 3.63) is 84.2 Å². The number of rotatable bonds is 7. The molecule has 1 amide bonds. The molecule has 0 saturated carbocycles. The first-order valence-corrected chi connectivity index (χ1v) is 10.8. The van der Waals surface area contributed by atoms with Crippen molar-refractivity contribution >= 4 is 39.1 Å². The maximum atomic E-state index is 13.7. The third kappa shape index (κ3) is 5.55. The van der Waals surface area contributed by atoms with E-state index in [2.05, 4.69) is 10.0 Å². The summed E-state index contributed by atoms with van der Waals surface area (Å²) in [6.07, 6.45) is 0. The molecule has 3 aromatic carbocycles. The summed E-state index contributed by atoms with van der Waals surface area (Å²) in [5.41, 5.74) is 0.176. The van der Waals surface area contributed by atoms with Crippen LogP contribution in [0.5, 0.6) is 0 Å². The van der Waals surface area contributed by atoms with Crippen LogP contribution in [0, 0.1) is 5.82 Å². The lowest BCUT2D eigenvalue weighted by Gasteiger charge is -2.11. The van der Waals surface area contributed by atoms with Gasteiger partial charge in [0.05, 0.1) is 10.5 Å². The second-order valence-electron chi connectivity index (χ2n) is 5.97. The lowest BCUT2D eigenvalue weighted by Crippen LogP contribution is -2.16. The first kappa shape index (κ1) is 21.7. The van der Waals surface area contributed by atoms with Crippen molar-refractivity contribution in [3.63, 3.8) is 0 Å². The van der Waals surface area contributed by atoms with Gasteiger partial charge in [0.15, 0.2) is 0 Å². The Hall–Kier alpha value is -2.98. The molecule has 0 fully saturated rings. The smallest absolute Gasteiger partial charge is 0.288 e. The summed E-state index contributed by atoms with van der Waals surface area (Å²) in [5, 5.41) is 2.46. The summed E-state index contributed by atoms with van der Waals surface area (Å²) >= 11 is 0.351. The van der Waals surface area contributed by atoms with Crippen molar-refractivity contribution in [2.24, 2.45) is 0 Å². The molecule has 0 aromatic heterocycles. The summed E-state index contributed by atoms with van der Waals surface area (Å²) in [4.78, 5) is 12.4. The highest BCUT2D eigenvalue weighted by Crippen LogP contribution is 2.27. The Kier molecular flexibility index (Phi) is 6.68. The molecule has 0 unspecified atom stereocenters.